The highest BCUT2D eigenvalue weighted by molar-refractivity contribution is 7.16. The van der Waals surface area contributed by atoms with Crippen molar-refractivity contribution >= 4 is 56.4 Å². The lowest BCUT2D eigenvalue weighted by atomic mass is 10.3. The zero-order valence-corrected chi connectivity index (χ0v) is 15.1. The molecule has 0 saturated heterocycles. The summed E-state index contributed by atoms with van der Waals surface area (Å²) in [5.41, 5.74) is 0.676. The molecule has 5 nitrogen and oxygen atoms in total. The number of carbonyl (C=O) groups is 2. The fraction of sp³-hybridized carbons (Fsp3) is 0.188. The van der Waals surface area contributed by atoms with Crippen molar-refractivity contribution in [2.45, 2.75) is 13.5 Å². The van der Waals surface area contributed by atoms with Gasteiger partial charge in [0, 0.05) is 0 Å². The Morgan fingerprint density at radius 3 is 2.83 bits per heavy atom. The molecular formula is C16H13ClN2O3S2. The fourth-order valence-electron chi connectivity index (χ4n) is 2.20. The number of hydrogen-bond acceptors (Lipinski definition) is 5. The van der Waals surface area contributed by atoms with Gasteiger partial charge < -0.3 is 9.30 Å². The van der Waals surface area contributed by atoms with Crippen LogP contribution in [0, 0.1) is 0 Å². The Bertz CT molecular complexity index is 958. The third-order valence-electron chi connectivity index (χ3n) is 3.17. The van der Waals surface area contributed by atoms with Gasteiger partial charge in [-0.3, -0.25) is 9.59 Å². The average Bonchev–Trinajstić information content (AvgIpc) is 3.17. The second-order valence-corrected chi connectivity index (χ2v) is 7.12. The quantitative estimate of drug-likeness (QED) is 0.648. The van der Waals surface area contributed by atoms with Crippen LogP contribution in [0.25, 0.3) is 10.2 Å². The van der Waals surface area contributed by atoms with E-state index < -0.39 is 5.97 Å². The van der Waals surface area contributed by atoms with Crippen LogP contribution in [0.3, 0.4) is 0 Å². The summed E-state index contributed by atoms with van der Waals surface area (Å²) < 4.78 is 7.50. The first-order valence-corrected chi connectivity index (χ1v) is 9.23. The molecule has 0 aliphatic heterocycles. The number of aromatic nitrogens is 1. The molecule has 0 N–H and O–H groups in total. The third kappa shape index (κ3) is 3.43. The lowest BCUT2D eigenvalue weighted by molar-refractivity contribution is -0.143. The molecule has 24 heavy (non-hydrogen) atoms. The molecule has 0 bridgehead atoms. The molecule has 0 aliphatic carbocycles. The van der Waals surface area contributed by atoms with Gasteiger partial charge in [-0.15, -0.1) is 11.3 Å². The van der Waals surface area contributed by atoms with Crippen LogP contribution in [-0.4, -0.2) is 23.1 Å². The number of carbonyl (C=O) groups excluding carboxylic acids is 2. The van der Waals surface area contributed by atoms with Gasteiger partial charge in [0.1, 0.15) is 6.54 Å². The highest BCUT2D eigenvalue weighted by atomic mass is 35.5. The van der Waals surface area contributed by atoms with Gasteiger partial charge in [-0.2, -0.15) is 4.99 Å². The molecule has 2 aromatic heterocycles. The Hall–Kier alpha value is -1.96. The van der Waals surface area contributed by atoms with Crippen LogP contribution in [-0.2, 0) is 16.1 Å². The molecule has 1 aromatic carbocycles. The highest BCUT2D eigenvalue weighted by Gasteiger charge is 2.15. The summed E-state index contributed by atoms with van der Waals surface area (Å²) >= 11 is 8.92. The number of esters is 1. The lowest BCUT2D eigenvalue weighted by Gasteiger charge is -2.06. The third-order valence-corrected chi connectivity index (χ3v) is 5.38. The fourth-order valence-corrected chi connectivity index (χ4v) is 4.19. The summed E-state index contributed by atoms with van der Waals surface area (Å²) in [6.45, 7) is 1.98. The molecule has 2 heterocycles. The molecule has 8 heteroatoms. The summed E-state index contributed by atoms with van der Waals surface area (Å²) in [7, 11) is 0. The largest absolute Gasteiger partial charge is 0.465 e. The summed E-state index contributed by atoms with van der Waals surface area (Å²) in [5, 5.41) is 2.31. The normalized spacial score (nSPS) is 11.8. The van der Waals surface area contributed by atoms with E-state index in [0.29, 0.717) is 20.2 Å². The van der Waals surface area contributed by atoms with Gasteiger partial charge in [-0.05, 0) is 30.5 Å². The zero-order valence-electron chi connectivity index (χ0n) is 12.7. The van der Waals surface area contributed by atoms with Crippen molar-refractivity contribution < 1.29 is 14.3 Å². The zero-order chi connectivity index (χ0) is 17.1. The Morgan fingerprint density at radius 2 is 2.12 bits per heavy atom. The van der Waals surface area contributed by atoms with E-state index in [1.54, 1.807) is 29.7 Å². The van der Waals surface area contributed by atoms with Crippen LogP contribution in [0.4, 0.5) is 0 Å². The molecule has 0 spiro atoms. The molecule has 3 aromatic rings. The van der Waals surface area contributed by atoms with Gasteiger partial charge in [-0.25, -0.2) is 0 Å². The number of nitrogens with zero attached hydrogens (tertiary/aromatic N) is 2. The number of ether oxygens (including phenoxy) is 1. The lowest BCUT2D eigenvalue weighted by Crippen LogP contribution is -2.23. The van der Waals surface area contributed by atoms with Crippen LogP contribution in [0.15, 0.2) is 40.7 Å². The van der Waals surface area contributed by atoms with Crippen molar-refractivity contribution in [1.82, 2.24) is 4.57 Å². The maximum Gasteiger partial charge on any atom is 0.326 e. The molecule has 0 radical (unpaired) electrons. The monoisotopic (exact) mass is 380 g/mol. The van der Waals surface area contributed by atoms with Crippen LogP contribution >= 0.6 is 34.3 Å². The standard InChI is InChI=1S/C16H13ClN2O3S2/c1-2-22-13(20)9-19-14-10(17)5-3-6-11(14)24-16(19)18-15(21)12-7-4-8-23-12/h3-8H,2,9H2,1H3. The Balaban J connectivity index is 2.14. The van der Waals surface area contributed by atoms with Gasteiger partial charge in [0.25, 0.3) is 5.91 Å². The summed E-state index contributed by atoms with van der Waals surface area (Å²) in [6.07, 6.45) is 0. The SMILES string of the molecule is CCOC(=O)Cn1c(=NC(=O)c2cccs2)sc2cccc(Cl)c21. The molecule has 0 fully saturated rings. The average molecular weight is 381 g/mol. The first-order chi connectivity index (χ1) is 11.6. The molecule has 3 rings (SSSR count). The van der Waals surface area contributed by atoms with Crippen LogP contribution < -0.4 is 4.80 Å². The number of thiophene rings is 1. The minimum absolute atomic E-state index is 0.0475. The van der Waals surface area contributed by atoms with Gasteiger partial charge in [0.05, 0.1) is 26.7 Å². The second-order valence-electron chi connectivity index (χ2n) is 4.76. The first-order valence-electron chi connectivity index (χ1n) is 7.16. The van der Waals surface area contributed by atoms with Crippen molar-refractivity contribution in [1.29, 1.82) is 0 Å². The maximum absolute atomic E-state index is 12.3. The number of amides is 1. The topological polar surface area (TPSA) is 60.7 Å². The Labute approximate surface area is 150 Å². The van der Waals surface area contributed by atoms with Gasteiger partial charge in [0.2, 0.25) is 0 Å². The summed E-state index contributed by atoms with van der Waals surface area (Å²) in [4.78, 5) is 29.4. The number of hydrogen-bond donors (Lipinski definition) is 0. The first kappa shape index (κ1) is 16.9. The second kappa shape index (κ2) is 7.29. The molecule has 0 aliphatic rings. The van der Waals surface area contributed by atoms with Gasteiger partial charge >= 0.3 is 5.97 Å². The predicted molar refractivity (Wildman–Crippen MR) is 95.7 cm³/mol. The van der Waals surface area contributed by atoms with E-state index in [2.05, 4.69) is 4.99 Å². The molecule has 124 valence electrons. The molecule has 1 amide bonds. The molecule has 0 saturated carbocycles. The molecule has 0 unspecified atom stereocenters. The van der Waals surface area contributed by atoms with Crippen molar-refractivity contribution in [3.63, 3.8) is 0 Å². The van der Waals surface area contributed by atoms with E-state index in [9.17, 15) is 9.59 Å². The minimum atomic E-state index is -0.401. The molecule has 0 atom stereocenters. The van der Waals surface area contributed by atoms with Crippen LogP contribution in [0.5, 0.6) is 0 Å². The number of rotatable bonds is 4. The number of fused-ring (bicyclic) bond motifs is 1. The summed E-state index contributed by atoms with van der Waals surface area (Å²) in [5.74, 6) is -0.743. The number of thiazole rings is 1. The van der Waals surface area contributed by atoms with Crippen molar-refractivity contribution in [2.24, 2.45) is 4.99 Å². The van der Waals surface area contributed by atoms with Crippen molar-refractivity contribution in [3.05, 3.63) is 50.4 Å². The van der Waals surface area contributed by atoms with E-state index in [4.69, 9.17) is 16.3 Å². The van der Waals surface area contributed by atoms with Gasteiger partial charge in [0.15, 0.2) is 4.80 Å². The van der Waals surface area contributed by atoms with E-state index in [0.717, 1.165) is 4.70 Å². The van der Waals surface area contributed by atoms with Crippen molar-refractivity contribution in [2.75, 3.05) is 6.61 Å². The minimum Gasteiger partial charge on any atom is -0.465 e. The van der Waals surface area contributed by atoms with Crippen molar-refractivity contribution in [3.8, 4) is 0 Å². The maximum atomic E-state index is 12.3. The summed E-state index contributed by atoms with van der Waals surface area (Å²) in [6, 6.07) is 8.94. The Morgan fingerprint density at radius 1 is 1.29 bits per heavy atom. The highest BCUT2D eigenvalue weighted by Crippen LogP contribution is 2.25. The van der Waals surface area contributed by atoms with E-state index in [1.165, 1.54) is 22.7 Å². The van der Waals surface area contributed by atoms with Gasteiger partial charge in [-0.1, -0.05) is 35.1 Å². The van der Waals surface area contributed by atoms with E-state index in [-0.39, 0.29) is 19.1 Å². The smallest absolute Gasteiger partial charge is 0.326 e. The predicted octanol–water partition coefficient (Wildman–Crippen LogP) is 3.72. The van der Waals surface area contributed by atoms with Crippen LogP contribution in [0.2, 0.25) is 5.02 Å². The Kier molecular flexibility index (Phi) is 5.13. The van der Waals surface area contributed by atoms with E-state index >= 15 is 0 Å². The number of halogens is 1. The number of benzene rings is 1. The number of para-hydroxylation sites is 1. The molecular weight excluding hydrogens is 368 g/mol. The van der Waals surface area contributed by atoms with E-state index in [1.807, 2.05) is 17.5 Å². The van der Waals surface area contributed by atoms with Crippen LogP contribution in [0.1, 0.15) is 16.6 Å².